The standard InChI is InChI=1S/C30H33F2N7O2/c1-17-9-19(12-25(34)29(17)41-8-2-6-33)22-5-7-35-14-27(22)37-30-36-13-21-3-4-26(38-39(21)30)28-23(31)10-18(11-24(28)32)20-15-40-16-20/h3-5,7,10-11,13-14,17,19-20,22,25,27,29H,2,8-9,12,15-16,34H2,1H3,(H,36,37)/t17-,19+,22?,25+,27?,29-/m0/s1. The third-order valence-corrected chi connectivity index (χ3v) is 8.47. The summed E-state index contributed by atoms with van der Waals surface area (Å²) in [6, 6.07) is 7.87. The van der Waals surface area contributed by atoms with Gasteiger partial charge in [0.1, 0.15) is 11.6 Å². The zero-order valence-corrected chi connectivity index (χ0v) is 22.8. The zero-order valence-electron chi connectivity index (χ0n) is 22.8. The number of rotatable bonds is 8. The lowest BCUT2D eigenvalue weighted by atomic mass is 9.70. The molecule has 1 saturated carbocycles. The lowest BCUT2D eigenvalue weighted by Gasteiger charge is -2.42. The maximum Gasteiger partial charge on any atom is 0.225 e. The molecule has 2 fully saturated rings. The van der Waals surface area contributed by atoms with Crippen LogP contribution in [-0.2, 0) is 9.47 Å². The highest BCUT2D eigenvalue weighted by atomic mass is 19.1. The van der Waals surface area contributed by atoms with Crippen molar-refractivity contribution in [2.45, 2.75) is 50.3 Å². The Morgan fingerprint density at radius 1 is 1.22 bits per heavy atom. The molecule has 9 nitrogen and oxygen atoms in total. The van der Waals surface area contributed by atoms with E-state index in [9.17, 15) is 0 Å². The Morgan fingerprint density at radius 3 is 2.73 bits per heavy atom. The third kappa shape index (κ3) is 5.47. The number of anilines is 1. The second-order valence-corrected chi connectivity index (χ2v) is 11.2. The summed E-state index contributed by atoms with van der Waals surface area (Å²) < 4.78 is 42.9. The van der Waals surface area contributed by atoms with Crippen molar-refractivity contribution in [1.82, 2.24) is 14.6 Å². The van der Waals surface area contributed by atoms with Crippen molar-refractivity contribution in [1.29, 1.82) is 5.26 Å². The van der Waals surface area contributed by atoms with Gasteiger partial charge in [0.15, 0.2) is 0 Å². The summed E-state index contributed by atoms with van der Waals surface area (Å²) in [5.41, 5.74) is 7.84. The van der Waals surface area contributed by atoms with E-state index in [1.807, 2.05) is 6.21 Å². The number of ether oxygens (including phenoxy) is 2. The van der Waals surface area contributed by atoms with Crippen LogP contribution < -0.4 is 11.1 Å². The van der Waals surface area contributed by atoms with Crippen LogP contribution >= 0.6 is 0 Å². The minimum atomic E-state index is -0.657. The molecular weight excluding hydrogens is 528 g/mol. The number of nitrogens with one attached hydrogen (secondary N) is 1. The number of hydrogen-bond acceptors (Lipinski definition) is 8. The van der Waals surface area contributed by atoms with E-state index < -0.39 is 11.6 Å². The molecule has 1 aromatic carbocycles. The van der Waals surface area contributed by atoms with Gasteiger partial charge >= 0.3 is 0 Å². The normalized spacial score (nSPS) is 28.0. The second kappa shape index (κ2) is 11.6. The Kier molecular flexibility index (Phi) is 7.79. The first-order valence-corrected chi connectivity index (χ1v) is 14.1. The first-order chi connectivity index (χ1) is 19.9. The van der Waals surface area contributed by atoms with E-state index in [-0.39, 0.29) is 53.1 Å². The minimum Gasteiger partial charge on any atom is -0.380 e. The number of halogens is 2. The highest BCUT2D eigenvalue weighted by molar-refractivity contribution is 5.72. The van der Waals surface area contributed by atoms with Crippen molar-refractivity contribution in [2.24, 2.45) is 28.5 Å². The lowest BCUT2D eigenvalue weighted by molar-refractivity contribution is -0.0328. The van der Waals surface area contributed by atoms with Crippen LogP contribution in [-0.4, -0.2) is 58.8 Å². The molecule has 6 rings (SSSR count). The lowest BCUT2D eigenvalue weighted by Crippen LogP contribution is -2.50. The van der Waals surface area contributed by atoms with Gasteiger partial charge in [-0.05, 0) is 54.5 Å². The van der Waals surface area contributed by atoms with Gasteiger partial charge in [0.25, 0.3) is 0 Å². The van der Waals surface area contributed by atoms with Crippen LogP contribution in [0, 0.1) is 40.7 Å². The van der Waals surface area contributed by atoms with Crippen LogP contribution in [0.1, 0.15) is 37.7 Å². The van der Waals surface area contributed by atoms with Crippen LogP contribution in [0.2, 0.25) is 0 Å². The van der Waals surface area contributed by atoms with Crippen molar-refractivity contribution in [3.8, 4) is 17.3 Å². The van der Waals surface area contributed by atoms with Gasteiger partial charge in [-0.2, -0.15) is 14.9 Å². The highest BCUT2D eigenvalue weighted by Crippen LogP contribution is 2.38. The number of benzene rings is 1. The number of aliphatic imine (C=N–C) groups is 1. The maximum absolute atomic E-state index is 15.1. The molecule has 0 bridgehead atoms. The largest absolute Gasteiger partial charge is 0.380 e. The molecule has 41 heavy (non-hydrogen) atoms. The smallest absolute Gasteiger partial charge is 0.225 e. The average molecular weight is 562 g/mol. The number of nitriles is 1. The molecule has 3 aliphatic rings. The number of nitrogens with two attached hydrogens (primary N) is 1. The Bertz CT molecular complexity index is 1480. The molecule has 3 aromatic rings. The van der Waals surface area contributed by atoms with Gasteiger partial charge in [0.05, 0.1) is 67.4 Å². The predicted molar refractivity (Wildman–Crippen MR) is 150 cm³/mol. The van der Waals surface area contributed by atoms with Crippen LogP contribution in [0.15, 0.2) is 47.7 Å². The van der Waals surface area contributed by atoms with Crippen molar-refractivity contribution in [3.63, 3.8) is 0 Å². The molecule has 1 aliphatic carbocycles. The summed E-state index contributed by atoms with van der Waals surface area (Å²) in [4.78, 5) is 8.89. The summed E-state index contributed by atoms with van der Waals surface area (Å²) >= 11 is 0. The summed E-state index contributed by atoms with van der Waals surface area (Å²) in [7, 11) is 0. The number of fused-ring (bicyclic) bond motifs is 1. The number of nitrogens with zero attached hydrogens (tertiary/aromatic N) is 5. The van der Waals surface area contributed by atoms with Gasteiger partial charge in [-0.25, -0.2) is 13.8 Å². The first-order valence-electron chi connectivity index (χ1n) is 14.1. The molecule has 1 saturated heterocycles. The third-order valence-electron chi connectivity index (χ3n) is 8.47. The zero-order chi connectivity index (χ0) is 28.5. The van der Waals surface area contributed by atoms with Gasteiger partial charge < -0.3 is 20.5 Å². The van der Waals surface area contributed by atoms with Gasteiger partial charge in [-0.15, -0.1) is 0 Å². The molecular formula is C30H33F2N7O2. The maximum atomic E-state index is 15.1. The van der Waals surface area contributed by atoms with Crippen LogP contribution in [0.5, 0.6) is 0 Å². The van der Waals surface area contributed by atoms with E-state index in [0.29, 0.717) is 43.3 Å². The Hall–Kier alpha value is -3.72. The van der Waals surface area contributed by atoms with E-state index in [4.69, 9.17) is 20.5 Å². The molecule has 3 N–H and O–H groups in total. The summed E-state index contributed by atoms with van der Waals surface area (Å²) in [5.74, 6) is -0.251. The first kappa shape index (κ1) is 27.4. The van der Waals surface area contributed by atoms with Crippen LogP contribution in [0.3, 0.4) is 0 Å². The fourth-order valence-electron chi connectivity index (χ4n) is 6.32. The van der Waals surface area contributed by atoms with E-state index in [2.05, 4.69) is 39.5 Å². The highest BCUT2D eigenvalue weighted by Gasteiger charge is 2.39. The molecule has 0 amide bonds. The van der Waals surface area contributed by atoms with Crippen LogP contribution in [0.25, 0.3) is 16.8 Å². The Balaban J connectivity index is 1.22. The summed E-state index contributed by atoms with van der Waals surface area (Å²) in [6.45, 7) is 3.47. The predicted octanol–water partition coefficient (Wildman–Crippen LogP) is 4.46. The quantitative estimate of drug-likeness (QED) is 0.390. The fraction of sp³-hybridized carbons (Fsp3) is 0.467. The van der Waals surface area contributed by atoms with Gasteiger partial charge in [-0.3, -0.25) is 4.99 Å². The van der Waals surface area contributed by atoms with Gasteiger partial charge in [-0.1, -0.05) is 13.0 Å². The summed E-state index contributed by atoms with van der Waals surface area (Å²) in [6.07, 6.45) is 9.37. The van der Waals surface area contributed by atoms with Crippen molar-refractivity contribution in [3.05, 3.63) is 59.9 Å². The van der Waals surface area contributed by atoms with E-state index in [1.165, 1.54) is 12.1 Å². The number of hydrogen-bond donors (Lipinski definition) is 2. The molecule has 2 aliphatic heterocycles. The molecule has 4 heterocycles. The van der Waals surface area contributed by atoms with E-state index in [1.54, 1.807) is 29.0 Å². The summed E-state index contributed by atoms with van der Waals surface area (Å²) in [5, 5.41) is 16.9. The molecule has 0 spiro atoms. The van der Waals surface area contributed by atoms with Crippen LogP contribution in [0.4, 0.5) is 14.7 Å². The SMILES string of the molecule is C[C@H]1C[C@@H](C2C=CN=CC2Nc2ncc3ccc(-c4c(F)cc(C5COC5)cc4F)nn23)C[C@@H](N)[C@H]1OCCC#N. The Morgan fingerprint density at radius 2 is 2.02 bits per heavy atom. The molecule has 214 valence electrons. The minimum absolute atomic E-state index is 0.00997. The van der Waals surface area contributed by atoms with Gasteiger partial charge in [0.2, 0.25) is 5.95 Å². The molecule has 2 unspecified atom stereocenters. The molecule has 2 aromatic heterocycles. The monoisotopic (exact) mass is 561 g/mol. The number of aromatic nitrogens is 3. The van der Waals surface area contributed by atoms with E-state index in [0.717, 1.165) is 12.8 Å². The van der Waals surface area contributed by atoms with Crippen molar-refractivity contribution < 1.29 is 18.3 Å². The molecule has 6 atom stereocenters. The van der Waals surface area contributed by atoms with Gasteiger partial charge in [0, 0.05) is 30.3 Å². The van der Waals surface area contributed by atoms with E-state index >= 15 is 8.78 Å². The second-order valence-electron chi connectivity index (χ2n) is 11.2. The molecule has 11 heteroatoms. The van der Waals surface area contributed by atoms with Crippen molar-refractivity contribution in [2.75, 3.05) is 25.1 Å². The van der Waals surface area contributed by atoms with Crippen molar-refractivity contribution >= 4 is 17.7 Å². The fourth-order valence-corrected chi connectivity index (χ4v) is 6.32. The average Bonchev–Trinajstić information content (AvgIpc) is 3.31. The Labute approximate surface area is 237 Å². The topological polar surface area (TPSA) is 123 Å². The molecule has 0 radical (unpaired) electrons. The number of imidazole rings is 1.